The van der Waals surface area contributed by atoms with Crippen LogP contribution in [-0.4, -0.2) is 31.2 Å². The van der Waals surface area contributed by atoms with E-state index in [4.69, 9.17) is 0 Å². The van der Waals surface area contributed by atoms with E-state index in [2.05, 4.69) is 5.32 Å². The lowest BCUT2D eigenvalue weighted by Crippen LogP contribution is -2.42. The molecule has 1 aliphatic rings. The Balaban J connectivity index is 1.94. The summed E-state index contributed by atoms with van der Waals surface area (Å²) in [5.74, 6) is -0.282. The molecule has 1 amide bonds. The fraction of sp³-hybridized carbons (Fsp3) is 0.435. The molecule has 1 fully saturated rings. The average molecular weight is 415 g/mol. The third kappa shape index (κ3) is 4.38. The second-order valence-corrected chi connectivity index (χ2v) is 9.74. The first-order valence-corrected chi connectivity index (χ1v) is 11.7. The van der Waals surface area contributed by atoms with Crippen molar-refractivity contribution in [1.82, 2.24) is 4.31 Å². The van der Waals surface area contributed by atoms with Gasteiger partial charge in [0, 0.05) is 23.8 Å². The zero-order chi connectivity index (χ0) is 21.2. The van der Waals surface area contributed by atoms with Crippen LogP contribution >= 0.6 is 0 Å². The number of sulfonamides is 1. The molecule has 2 aromatic rings. The van der Waals surface area contributed by atoms with E-state index in [-0.39, 0.29) is 16.8 Å². The maximum atomic E-state index is 13.2. The van der Waals surface area contributed by atoms with E-state index in [1.54, 1.807) is 16.4 Å². The minimum Gasteiger partial charge on any atom is -0.321 e. The van der Waals surface area contributed by atoms with Gasteiger partial charge in [-0.1, -0.05) is 37.6 Å². The molecule has 1 heterocycles. The summed E-state index contributed by atoms with van der Waals surface area (Å²) < 4.78 is 28.0. The number of nitrogens with zero attached hydrogens (tertiary/aromatic N) is 1. The lowest BCUT2D eigenvalue weighted by atomic mass is 10.0. The summed E-state index contributed by atoms with van der Waals surface area (Å²) >= 11 is 0. The highest BCUT2D eigenvalue weighted by Gasteiger charge is 2.31. The number of nitrogens with one attached hydrogen (secondary N) is 1. The maximum absolute atomic E-state index is 13.2. The molecule has 0 aliphatic carbocycles. The van der Waals surface area contributed by atoms with E-state index in [1.165, 1.54) is 6.07 Å². The summed E-state index contributed by atoms with van der Waals surface area (Å²) in [6.45, 7) is 8.31. The molecule has 1 aliphatic heterocycles. The van der Waals surface area contributed by atoms with E-state index in [0.717, 1.165) is 48.1 Å². The standard InChI is InChI=1S/C23H30N2O3S/c1-5-19-11-8-9-17(3)22(19)24-23(26)21-15-20(13-12-16(21)2)29(27,28)25-14-7-6-10-18(25)4/h8-9,11-13,15,18H,5-7,10,14H2,1-4H3,(H,24,26)/t18-/m0/s1. The van der Waals surface area contributed by atoms with Crippen molar-refractivity contribution in [3.05, 3.63) is 58.7 Å². The third-order valence-electron chi connectivity index (χ3n) is 5.78. The predicted octanol–water partition coefficient (Wildman–Crippen LogP) is 4.68. The average Bonchev–Trinajstić information content (AvgIpc) is 2.69. The van der Waals surface area contributed by atoms with Crippen molar-refractivity contribution in [3.63, 3.8) is 0 Å². The first kappa shape index (κ1) is 21.5. The minimum absolute atomic E-state index is 0.0218. The Morgan fingerprint density at radius 1 is 1.14 bits per heavy atom. The van der Waals surface area contributed by atoms with Crippen molar-refractivity contribution < 1.29 is 13.2 Å². The van der Waals surface area contributed by atoms with E-state index >= 15 is 0 Å². The van der Waals surface area contributed by atoms with Gasteiger partial charge in [-0.05, 0) is 68.9 Å². The number of carbonyl (C=O) groups excluding carboxylic acids is 1. The highest BCUT2D eigenvalue weighted by molar-refractivity contribution is 7.89. The summed E-state index contributed by atoms with van der Waals surface area (Å²) in [6, 6.07) is 10.7. The molecule has 0 bridgehead atoms. The van der Waals surface area contributed by atoms with Gasteiger partial charge in [-0.2, -0.15) is 4.31 Å². The number of carbonyl (C=O) groups is 1. The lowest BCUT2D eigenvalue weighted by Gasteiger charge is -2.32. The van der Waals surface area contributed by atoms with E-state index in [9.17, 15) is 13.2 Å². The number of hydrogen-bond acceptors (Lipinski definition) is 3. The lowest BCUT2D eigenvalue weighted by molar-refractivity contribution is 0.102. The van der Waals surface area contributed by atoms with Crippen molar-refractivity contribution in [2.75, 3.05) is 11.9 Å². The van der Waals surface area contributed by atoms with Gasteiger partial charge < -0.3 is 5.32 Å². The molecular formula is C23H30N2O3S. The van der Waals surface area contributed by atoms with Crippen LogP contribution in [0.15, 0.2) is 41.3 Å². The van der Waals surface area contributed by atoms with E-state index < -0.39 is 10.0 Å². The highest BCUT2D eigenvalue weighted by Crippen LogP contribution is 2.27. The molecule has 29 heavy (non-hydrogen) atoms. The van der Waals surface area contributed by atoms with Gasteiger partial charge in [0.05, 0.1) is 4.90 Å². The Kier molecular flexibility index (Phi) is 6.44. The number of amides is 1. The van der Waals surface area contributed by atoms with E-state index in [1.807, 2.05) is 45.9 Å². The first-order chi connectivity index (χ1) is 13.8. The molecule has 0 unspecified atom stereocenters. The number of rotatable bonds is 5. The number of aryl methyl sites for hydroxylation is 3. The monoisotopic (exact) mass is 414 g/mol. The third-order valence-corrected chi connectivity index (χ3v) is 7.79. The van der Waals surface area contributed by atoms with Crippen LogP contribution in [0.5, 0.6) is 0 Å². The number of hydrogen-bond donors (Lipinski definition) is 1. The molecule has 0 saturated carbocycles. The second kappa shape index (κ2) is 8.67. The fourth-order valence-corrected chi connectivity index (χ4v) is 5.68. The summed E-state index contributed by atoms with van der Waals surface area (Å²) in [4.78, 5) is 13.2. The second-order valence-electron chi connectivity index (χ2n) is 7.85. The normalized spacial score (nSPS) is 17.9. The van der Waals surface area contributed by atoms with Crippen LogP contribution in [0, 0.1) is 13.8 Å². The number of para-hydroxylation sites is 1. The van der Waals surface area contributed by atoms with Crippen LogP contribution in [0.1, 0.15) is 60.2 Å². The van der Waals surface area contributed by atoms with Crippen LogP contribution < -0.4 is 5.32 Å². The van der Waals surface area contributed by atoms with Crippen LogP contribution in [0.3, 0.4) is 0 Å². The van der Waals surface area contributed by atoms with Crippen molar-refractivity contribution in [2.45, 2.75) is 64.3 Å². The Labute approximate surface area is 174 Å². The summed E-state index contributed by atoms with van der Waals surface area (Å²) in [5.41, 5.74) is 3.99. The zero-order valence-electron chi connectivity index (χ0n) is 17.7. The van der Waals surface area contributed by atoms with Gasteiger partial charge in [0.1, 0.15) is 0 Å². The Bertz CT molecular complexity index is 1010. The largest absolute Gasteiger partial charge is 0.321 e. The van der Waals surface area contributed by atoms with Gasteiger partial charge in [0.15, 0.2) is 0 Å². The molecule has 3 rings (SSSR count). The molecule has 0 spiro atoms. The fourth-order valence-electron chi connectivity index (χ4n) is 3.95. The minimum atomic E-state index is -3.62. The molecule has 5 nitrogen and oxygen atoms in total. The number of piperidine rings is 1. The molecule has 1 N–H and O–H groups in total. The SMILES string of the molecule is CCc1cccc(C)c1NC(=O)c1cc(S(=O)(=O)N2CCCC[C@@H]2C)ccc1C. The van der Waals surface area contributed by atoms with Crippen LogP contribution in [0.2, 0.25) is 0 Å². The number of benzene rings is 2. The van der Waals surface area contributed by atoms with Gasteiger partial charge in [-0.3, -0.25) is 4.79 Å². The van der Waals surface area contributed by atoms with Gasteiger partial charge in [0.2, 0.25) is 10.0 Å². The quantitative estimate of drug-likeness (QED) is 0.772. The summed E-state index contributed by atoms with van der Waals surface area (Å²) in [5, 5.41) is 3.01. The van der Waals surface area contributed by atoms with Gasteiger partial charge in [-0.15, -0.1) is 0 Å². The zero-order valence-corrected chi connectivity index (χ0v) is 18.5. The molecule has 2 aromatic carbocycles. The van der Waals surface area contributed by atoms with Gasteiger partial charge in [0.25, 0.3) is 5.91 Å². The number of anilines is 1. The van der Waals surface area contributed by atoms with Crippen molar-refractivity contribution in [2.24, 2.45) is 0 Å². The van der Waals surface area contributed by atoms with Crippen LogP contribution in [0.4, 0.5) is 5.69 Å². The Morgan fingerprint density at radius 3 is 2.59 bits per heavy atom. The Morgan fingerprint density at radius 2 is 1.90 bits per heavy atom. The van der Waals surface area contributed by atoms with Crippen molar-refractivity contribution in [1.29, 1.82) is 0 Å². The molecular weight excluding hydrogens is 384 g/mol. The first-order valence-electron chi connectivity index (χ1n) is 10.3. The smallest absolute Gasteiger partial charge is 0.255 e. The van der Waals surface area contributed by atoms with Crippen LogP contribution in [-0.2, 0) is 16.4 Å². The topological polar surface area (TPSA) is 66.5 Å². The molecule has 1 atom stereocenters. The van der Waals surface area contributed by atoms with Crippen molar-refractivity contribution in [3.8, 4) is 0 Å². The highest BCUT2D eigenvalue weighted by atomic mass is 32.2. The van der Waals surface area contributed by atoms with Crippen molar-refractivity contribution >= 4 is 21.6 Å². The predicted molar refractivity (Wildman–Crippen MR) is 117 cm³/mol. The van der Waals surface area contributed by atoms with Gasteiger partial charge in [-0.25, -0.2) is 8.42 Å². The molecule has 156 valence electrons. The van der Waals surface area contributed by atoms with Gasteiger partial charge >= 0.3 is 0 Å². The summed E-state index contributed by atoms with van der Waals surface area (Å²) in [6.07, 6.45) is 3.59. The molecule has 1 saturated heterocycles. The molecule has 0 radical (unpaired) electrons. The molecule has 0 aromatic heterocycles. The Hall–Kier alpha value is -2.18. The van der Waals surface area contributed by atoms with E-state index in [0.29, 0.717) is 12.1 Å². The summed E-state index contributed by atoms with van der Waals surface area (Å²) in [7, 11) is -3.62. The maximum Gasteiger partial charge on any atom is 0.255 e. The molecule has 6 heteroatoms. The van der Waals surface area contributed by atoms with Crippen LogP contribution in [0.25, 0.3) is 0 Å².